The molecule has 2 rings (SSSR count). The number of ether oxygens (including phenoxy) is 1. The minimum atomic E-state index is -4.77. The van der Waals surface area contributed by atoms with E-state index in [1.165, 1.54) is 24.4 Å². The van der Waals surface area contributed by atoms with Crippen LogP contribution in [0.1, 0.15) is 0 Å². The van der Waals surface area contributed by atoms with Crippen LogP contribution in [0.3, 0.4) is 0 Å². The number of alkyl halides is 3. The Kier molecular flexibility index (Phi) is 3.66. The number of rotatable bonds is 3. The predicted molar refractivity (Wildman–Crippen MR) is 67.4 cm³/mol. The predicted octanol–water partition coefficient (Wildman–Crippen LogP) is 3.14. The van der Waals surface area contributed by atoms with Gasteiger partial charge in [0.2, 0.25) is 5.82 Å². The lowest BCUT2D eigenvalue weighted by Gasteiger charge is -2.09. The fourth-order valence-electron chi connectivity index (χ4n) is 1.62. The molecule has 110 valence electrons. The van der Waals surface area contributed by atoms with Crippen molar-refractivity contribution >= 4 is 11.5 Å². The fraction of sp³-hybridized carbons (Fsp3) is 0.0833. The van der Waals surface area contributed by atoms with Crippen LogP contribution >= 0.6 is 0 Å². The number of halogens is 3. The highest BCUT2D eigenvalue weighted by Gasteiger charge is 2.31. The van der Waals surface area contributed by atoms with Gasteiger partial charge in [-0.1, -0.05) is 12.1 Å². The lowest BCUT2D eigenvalue weighted by molar-refractivity contribution is -0.384. The molecule has 0 fully saturated rings. The number of nitrogens with zero attached hydrogens (tertiary/aromatic N) is 2. The molecule has 1 aromatic carbocycles. The number of nitrogen functional groups attached to an aromatic ring is 1. The van der Waals surface area contributed by atoms with E-state index in [4.69, 9.17) is 5.73 Å². The molecular weight excluding hydrogens is 291 g/mol. The zero-order valence-electron chi connectivity index (χ0n) is 10.3. The number of anilines is 1. The zero-order valence-corrected chi connectivity index (χ0v) is 10.3. The Balaban J connectivity index is 2.31. The molecule has 0 atom stereocenters. The van der Waals surface area contributed by atoms with Crippen LogP contribution in [0.15, 0.2) is 36.5 Å². The maximum atomic E-state index is 12.0. The summed E-state index contributed by atoms with van der Waals surface area (Å²) in [6.45, 7) is 0. The van der Waals surface area contributed by atoms with E-state index in [1.54, 1.807) is 0 Å². The van der Waals surface area contributed by atoms with Gasteiger partial charge < -0.3 is 10.5 Å². The summed E-state index contributed by atoms with van der Waals surface area (Å²) in [6.07, 6.45) is -3.48. The molecule has 0 saturated heterocycles. The molecule has 0 aliphatic carbocycles. The molecule has 0 spiro atoms. The summed E-state index contributed by atoms with van der Waals surface area (Å²) >= 11 is 0. The Morgan fingerprint density at radius 2 is 1.81 bits per heavy atom. The van der Waals surface area contributed by atoms with E-state index in [-0.39, 0.29) is 17.3 Å². The van der Waals surface area contributed by atoms with Crippen LogP contribution in [-0.2, 0) is 0 Å². The van der Waals surface area contributed by atoms with Gasteiger partial charge in [0.1, 0.15) is 5.75 Å². The lowest BCUT2D eigenvalue weighted by atomic mass is 10.1. The normalized spacial score (nSPS) is 11.2. The van der Waals surface area contributed by atoms with Gasteiger partial charge in [0, 0.05) is 17.8 Å². The summed E-state index contributed by atoms with van der Waals surface area (Å²) < 4.78 is 39.8. The quantitative estimate of drug-likeness (QED) is 0.694. The average molecular weight is 299 g/mol. The summed E-state index contributed by atoms with van der Waals surface area (Å²) in [5.74, 6) is -0.620. The number of nitrogens with two attached hydrogens (primary N) is 1. The van der Waals surface area contributed by atoms with Crippen molar-refractivity contribution in [1.82, 2.24) is 4.98 Å². The number of nitro groups is 1. The van der Waals surface area contributed by atoms with Gasteiger partial charge in [-0.3, -0.25) is 10.1 Å². The molecule has 0 saturated carbocycles. The largest absolute Gasteiger partial charge is 0.573 e. The van der Waals surface area contributed by atoms with Gasteiger partial charge in [0.25, 0.3) is 0 Å². The standard InChI is InChI=1S/C12H8F3N3O3/c13-12(14,15)21-9-3-1-7(2-4-9)8-5-10(18(19)20)11(16)17-6-8/h1-6H,(H2,16,17). The molecule has 0 amide bonds. The van der Waals surface area contributed by atoms with Gasteiger partial charge in [-0.2, -0.15) is 0 Å². The van der Waals surface area contributed by atoms with Gasteiger partial charge in [-0.05, 0) is 17.7 Å². The fourth-order valence-corrected chi connectivity index (χ4v) is 1.62. The molecule has 21 heavy (non-hydrogen) atoms. The molecule has 9 heteroatoms. The summed E-state index contributed by atoms with van der Waals surface area (Å²) in [4.78, 5) is 13.8. The number of hydrogen-bond donors (Lipinski definition) is 1. The molecule has 0 unspecified atom stereocenters. The molecule has 0 aliphatic heterocycles. The van der Waals surface area contributed by atoms with Crippen molar-refractivity contribution in [2.24, 2.45) is 0 Å². The van der Waals surface area contributed by atoms with Gasteiger partial charge in [0.15, 0.2) is 0 Å². The number of pyridine rings is 1. The number of hydrogen-bond acceptors (Lipinski definition) is 5. The summed E-state index contributed by atoms with van der Waals surface area (Å²) in [6, 6.07) is 6.06. The zero-order chi connectivity index (χ0) is 15.6. The van der Waals surface area contributed by atoms with E-state index in [1.807, 2.05) is 0 Å². The Labute approximate surface area is 116 Å². The van der Waals surface area contributed by atoms with Gasteiger partial charge in [-0.15, -0.1) is 13.2 Å². The van der Waals surface area contributed by atoms with Crippen molar-refractivity contribution < 1.29 is 22.8 Å². The number of benzene rings is 1. The first kappa shape index (κ1) is 14.6. The van der Waals surface area contributed by atoms with Crippen LogP contribution in [0.5, 0.6) is 5.75 Å². The van der Waals surface area contributed by atoms with Crippen LogP contribution < -0.4 is 10.5 Å². The summed E-state index contributed by atoms with van der Waals surface area (Å²) in [7, 11) is 0. The second-order valence-electron chi connectivity index (χ2n) is 3.96. The molecule has 0 aliphatic rings. The van der Waals surface area contributed by atoms with Crippen LogP contribution in [0.4, 0.5) is 24.7 Å². The highest BCUT2D eigenvalue weighted by Crippen LogP contribution is 2.29. The highest BCUT2D eigenvalue weighted by atomic mass is 19.4. The molecular formula is C12H8F3N3O3. The Morgan fingerprint density at radius 1 is 1.19 bits per heavy atom. The van der Waals surface area contributed by atoms with Crippen molar-refractivity contribution in [2.75, 3.05) is 5.73 Å². The second-order valence-corrected chi connectivity index (χ2v) is 3.96. The average Bonchev–Trinajstić information content (AvgIpc) is 2.38. The Bertz CT molecular complexity index is 672. The van der Waals surface area contributed by atoms with E-state index < -0.39 is 11.3 Å². The van der Waals surface area contributed by atoms with Crippen molar-refractivity contribution in [3.63, 3.8) is 0 Å². The third-order valence-corrected chi connectivity index (χ3v) is 2.52. The van der Waals surface area contributed by atoms with E-state index in [2.05, 4.69) is 9.72 Å². The Hall–Kier alpha value is -2.84. The molecule has 6 nitrogen and oxygen atoms in total. The Morgan fingerprint density at radius 3 is 2.33 bits per heavy atom. The minimum Gasteiger partial charge on any atom is -0.406 e. The molecule has 1 heterocycles. The first-order chi connectivity index (χ1) is 9.76. The first-order valence-corrected chi connectivity index (χ1v) is 5.52. The SMILES string of the molecule is Nc1ncc(-c2ccc(OC(F)(F)F)cc2)cc1[N+](=O)[O-]. The molecule has 2 N–H and O–H groups in total. The second kappa shape index (κ2) is 5.27. The topological polar surface area (TPSA) is 91.3 Å². The summed E-state index contributed by atoms with van der Waals surface area (Å²) in [5.41, 5.74) is 5.79. The van der Waals surface area contributed by atoms with Gasteiger partial charge >= 0.3 is 12.0 Å². The first-order valence-electron chi connectivity index (χ1n) is 5.52. The molecule has 2 aromatic rings. The monoisotopic (exact) mass is 299 g/mol. The van der Waals surface area contributed by atoms with Crippen molar-refractivity contribution in [2.45, 2.75) is 6.36 Å². The van der Waals surface area contributed by atoms with Crippen molar-refractivity contribution in [3.05, 3.63) is 46.6 Å². The molecule has 0 radical (unpaired) electrons. The highest BCUT2D eigenvalue weighted by molar-refractivity contribution is 5.69. The summed E-state index contributed by atoms with van der Waals surface area (Å²) in [5, 5.41) is 10.8. The number of aromatic nitrogens is 1. The maximum absolute atomic E-state index is 12.0. The van der Waals surface area contributed by atoms with E-state index >= 15 is 0 Å². The molecule has 0 bridgehead atoms. The minimum absolute atomic E-state index is 0.235. The van der Waals surface area contributed by atoms with Crippen molar-refractivity contribution in [3.8, 4) is 16.9 Å². The third-order valence-electron chi connectivity index (χ3n) is 2.52. The van der Waals surface area contributed by atoms with Gasteiger partial charge in [0.05, 0.1) is 4.92 Å². The van der Waals surface area contributed by atoms with Gasteiger partial charge in [-0.25, -0.2) is 4.98 Å². The van der Waals surface area contributed by atoms with E-state index in [9.17, 15) is 23.3 Å². The van der Waals surface area contributed by atoms with Crippen LogP contribution in [-0.4, -0.2) is 16.3 Å². The molecule has 1 aromatic heterocycles. The van der Waals surface area contributed by atoms with Crippen LogP contribution in [0, 0.1) is 10.1 Å². The lowest BCUT2D eigenvalue weighted by Crippen LogP contribution is -2.16. The van der Waals surface area contributed by atoms with Crippen molar-refractivity contribution in [1.29, 1.82) is 0 Å². The third kappa shape index (κ3) is 3.59. The smallest absolute Gasteiger partial charge is 0.406 e. The van der Waals surface area contributed by atoms with Crippen LogP contribution in [0.2, 0.25) is 0 Å². The van der Waals surface area contributed by atoms with E-state index in [0.717, 1.165) is 12.1 Å². The van der Waals surface area contributed by atoms with E-state index in [0.29, 0.717) is 11.1 Å². The van der Waals surface area contributed by atoms with Crippen LogP contribution in [0.25, 0.3) is 11.1 Å². The maximum Gasteiger partial charge on any atom is 0.573 e.